The average molecular weight is 513 g/mol. The maximum Gasteiger partial charge on any atom is 0.180 e. The van der Waals surface area contributed by atoms with Gasteiger partial charge in [0.05, 0.1) is 26.4 Å². The molecule has 0 aliphatic rings. The molecule has 0 unspecified atom stereocenters. The Morgan fingerprint density at radius 2 is 1.36 bits per heavy atom. The van der Waals surface area contributed by atoms with Crippen LogP contribution >= 0.6 is 35.6 Å². The molecule has 0 aliphatic heterocycles. The van der Waals surface area contributed by atoms with Gasteiger partial charge in [0.15, 0.2) is 23.0 Å². The first-order valence-electron chi connectivity index (χ1n) is 10.2. The van der Waals surface area contributed by atoms with E-state index in [1.807, 2.05) is 54.6 Å². The van der Waals surface area contributed by atoms with Crippen molar-refractivity contribution in [3.8, 4) is 23.0 Å². The summed E-state index contributed by atoms with van der Waals surface area (Å²) in [5.74, 6) is 2.58. The van der Waals surface area contributed by atoms with E-state index >= 15 is 0 Å². The second-order valence-corrected chi connectivity index (χ2v) is 7.98. The molecule has 0 aromatic heterocycles. The topological polar surface area (TPSA) is 49.0 Å². The predicted octanol–water partition coefficient (Wildman–Crippen LogP) is 6.35. The normalized spacial score (nSPS) is 10.3. The van der Waals surface area contributed by atoms with Crippen LogP contribution in [-0.4, -0.2) is 27.9 Å². The summed E-state index contributed by atoms with van der Waals surface area (Å²) in [6.07, 6.45) is 0.855. The van der Waals surface area contributed by atoms with Crippen molar-refractivity contribution in [3.63, 3.8) is 0 Å². The highest BCUT2D eigenvalue weighted by Crippen LogP contribution is 2.37. The van der Waals surface area contributed by atoms with Crippen LogP contribution in [0.25, 0.3) is 0 Å². The summed E-state index contributed by atoms with van der Waals surface area (Å²) in [4.78, 5) is 0. The third-order valence-electron chi connectivity index (χ3n) is 4.95. The van der Waals surface area contributed by atoms with Crippen molar-refractivity contribution in [2.75, 3.05) is 27.9 Å². The first-order valence-corrected chi connectivity index (χ1v) is 10.9. The molecular weight excluding hydrogens is 485 g/mol. The molecule has 0 spiro atoms. The zero-order valence-corrected chi connectivity index (χ0v) is 21.2. The second kappa shape index (κ2) is 13.4. The van der Waals surface area contributed by atoms with E-state index in [1.165, 1.54) is 0 Å². The van der Waals surface area contributed by atoms with Crippen molar-refractivity contribution in [1.82, 2.24) is 5.32 Å². The molecule has 1 N–H and O–H groups in total. The summed E-state index contributed by atoms with van der Waals surface area (Å²) in [5, 5.41) is 4.63. The minimum Gasteiger partial charge on any atom is -0.493 e. The molecule has 0 saturated heterocycles. The van der Waals surface area contributed by atoms with Gasteiger partial charge in [0, 0.05) is 11.6 Å². The highest BCUT2D eigenvalue weighted by molar-refractivity contribution is 6.32. The van der Waals surface area contributed by atoms with E-state index in [1.54, 1.807) is 21.3 Å². The minimum absolute atomic E-state index is 0. The molecule has 0 heterocycles. The summed E-state index contributed by atoms with van der Waals surface area (Å²) >= 11 is 12.4. The Balaban J connectivity index is 0.00000385. The van der Waals surface area contributed by atoms with Gasteiger partial charge < -0.3 is 24.3 Å². The lowest BCUT2D eigenvalue weighted by Crippen LogP contribution is -2.17. The molecule has 0 aliphatic carbocycles. The molecule has 5 nitrogen and oxygen atoms in total. The summed E-state index contributed by atoms with van der Waals surface area (Å²) in [6.45, 7) is 1.82. The molecule has 3 aromatic carbocycles. The fourth-order valence-corrected chi connectivity index (χ4v) is 3.67. The first-order chi connectivity index (χ1) is 15.5. The van der Waals surface area contributed by atoms with Gasteiger partial charge in [-0.1, -0.05) is 41.4 Å². The Morgan fingerprint density at radius 3 is 2.03 bits per heavy atom. The molecule has 178 valence electrons. The Hall–Kier alpha value is -2.31. The molecule has 0 saturated carbocycles. The van der Waals surface area contributed by atoms with Gasteiger partial charge in [-0.05, 0) is 66.1 Å². The number of ether oxygens (including phenoxy) is 4. The fourth-order valence-electron chi connectivity index (χ4n) is 3.25. The van der Waals surface area contributed by atoms with Gasteiger partial charge in [-0.15, -0.1) is 12.4 Å². The number of methoxy groups -OCH3 is 3. The minimum atomic E-state index is 0. The van der Waals surface area contributed by atoms with Gasteiger partial charge in [0.1, 0.15) is 6.61 Å². The van der Waals surface area contributed by atoms with E-state index in [9.17, 15) is 0 Å². The number of nitrogens with one attached hydrogen (secondary N) is 1. The van der Waals surface area contributed by atoms with Gasteiger partial charge >= 0.3 is 0 Å². The SMILES string of the molecule is COc1ccc(CCNCc2cc(Cl)c(OCc3ccc(Cl)cc3)c(OC)c2)cc1OC.Cl. The third-order valence-corrected chi connectivity index (χ3v) is 5.49. The van der Waals surface area contributed by atoms with Crippen LogP contribution in [0.1, 0.15) is 16.7 Å². The van der Waals surface area contributed by atoms with Gasteiger partial charge in [-0.25, -0.2) is 0 Å². The monoisotopic (exact) mass is 511 g/mol. The maximum atomic E-state index is 6.50. The Morgan fingerprint density at radius 1 is 0.727 bits per heavy atom. The van der Waals surface area contributed by atoms with Crippen molar-refractivity contribution in [2.24, 2.45) is 0 Å². The van der Waals surface area contributed by atoms with Crippen LogP contribution in [0.3, 0.4) is 0 Å². The lowest BCUT2D eigenvalue weighted by molar-refractivity contribution is 0.284. The Labute approximate surface area is 211 Å². The number of rotatable bonds is 11. The number of halogens is 3. The largest absolute Gasteiger partial charge is 0.493 e. The number of hydrogen-bond donors (Lipinski definition) is 1. The summed E-state index contributed by atoms with van der Waals surface area (Å²) in [6, 6.07) is 17.3. The lowest BCUT2D eigenvalue weighted by atomic mass is 10.1. The summed E-state index contributed by atoms with van der Waals surface area (Å²) in [5.41, 5.74) is 3.17. The highest BCUT2D eigenvalue weighted by Gasteiger charge is 2.13. The highest BCUT2D eigenvalue weighted by atomic mass is 35.5. The van der Waals surface area contributed by atoms with E-state index in [0.29, 0.717) is 34.7 Å². The Bertz CT molecular complexity index is 1030. The molecule has 3 rings (SSSR count). The lowest BCUT2D eigenvalue weighted by Gasteiger charge is -2.15. The molecule has 0 fully saturated rings. The molecule has 0 amide bonds. The van der Waals surface area contributed by atoms with Crippen molar-refractivity contribution in [1.29, 1.82) is 0 Å². The fraction of sp³-hybridized carbons (Fsp3) is 0.280. The number of benzene rings is 3. The summed E-state index contributed by atoms with van der Waals surface area (Å²) in [7, 11) is 4.88. The van der Waals surface area contributed by atoms with Crippen molar-refractivity contribution < 1.29 is 18.9 Å². The quantitative estimate of drug-likeness (QED) is 0.303. The molecule has 0 bridgehead atoms. The molecule has 3 aromatic rings. The van der Waals surface area contributed by atoms with E-state index in [4.69, 9.17) is 42.1 Å². The molecule has 8 heteroatoms. The molecule has 33 heavy (non-hydrogen) atoms. The molecular formula is C25H28Cl3NO4. The van der Waals surface area contributed by atoms with Gasteiger partial charge in [0.25, 0.3) is 0 Å². The van der Waals surface area contributed by atoms with Crippen LogP contribution in [0.2, 0.25) is 10.0 Å². The number of hydrogen-bond acceptors (Lipinski definition) is 5. The van der Waals surface area contributed by atoms with Crippen molar-refractivity contribution in [2.45, 2.75) is 19.6 Å². The molecule has 0 radical (unpaired) electrons. The summed E-state index contributed by atoms with van der Waals surface area (Å²) < 4.78 is 22.1. The van der Waals surface area contributed by atoms with Gasteiger partial charge in [0.2, 0.25) is 0 Å². The van der Waals surface area contributed by atoms with E-state index < -0.39 is 0 Å². The van der Waals surface area contributed by atoms with Gasteiger partial charge in [-0.3, -0.25) is 0 Å². The second-order valence-electron chi connectivity index (χ2n) is 7.14. The smallest absolute Gasteiger partial charge is 0.180 e. The Kier molecular flexibility index (Phi) is 10.9. The van der Waals surface area contributed by atoms with E-state index in [2.05, 4.69) is 5.32 Å². The molecule has 0 atom stereocenters. The van der Waals surface area contributed by atoms with Crippen LogP contribution in [0.15, 0.2) is 54.6 Å². The zero-order valence-electron chi connectivity index (χ0n) is 18.8. The van der Waals surface area contributed by atoms with E-state index in [-0.39, 0.29) is 12.4 Å². The van der Waals surface area contributed by atoms with Crippen LogP contribution in [0, 0.1) is 0 Å². The first kappa shape index (κ1) is 26.9. The van der Waals surface area contributed by atoms with Crippen LogP contribution < -0.4 is 24.3 Å². The maximum absolute atomic E-state index is 6.50. The van der Waals surface area contributed by atoms with Crippen LogP contribution in [0.5, 0.6) is 23.0 Å². The van der Waals surface area contributed by atoms with Gasteiger partial charge in [-0.2, -0.15) is 0 Å². The third kappa shape index (κ3) is 7.61. The zero-order chi connectivity index (χ0) is 22.9. The predicted molar refractivity (Wildman–Crippen MR) is 136 cm³/mol. The van der Waals surface area contributed by atoms with Crippen molar-refractivity contribution >= 4 is 35.6 Å². The van der Waals surface area contributed by atoms with Crippen LogP contribution in [-0.2, 0) is 19.6 Å². The van der Waals surface area contributed by atoms with Crippen LogP contribution in [0.4, 0.5) is 0 Å². The van der Waals surface area contributed by atoms with Crippen molar-refractivity contribution in [3.05, 3.63) is 81.3 Å². The average Bonchev–Trinajstić information content (AvgIpc) is 2.81. The standard InChI is InChI=1S/C25H27Cl2NO4.ClH/c1-29-22-9-6-17(13-23(22)30-2)10-11-28-15-19-12-21(27)25(24(14-19)31-3)32-16-18-4-7-20(26)8-5-18;/h4-9,12-14,28H,10-11,15-16H2,1-3H3;1H. The van der Waals surface area contributed by atoms with E-state index in [0.717, 1.165) is 41.2 Å².